The average Bonchev–Trinajstić information content (AvgIpc) is 2.47. The fourth-order valence-electron chi connectivity index (χ4n) is 1.70. The van der Waals surface area contributed by atoms with E-state index in [1.165, 1.54) is 4.90 Å². The Kier molecular flexibility index (Phi) is 6.36. The van der Waals surface area contributed by atoms with Gasteiger partial charge in [-0.1, -0.05) is 0 Å². The number of benzene rings is 1. The van der Waals surface area contributed by atoms with Gasteiger partial charge in [-0.3, -0.25) is 14.5 Å². The zero-order chi connectivity index (χ0) is 16.9. The summed E-state index contributed by atoms with van der Waals surface area (Å²) < 4.78 is 39.3. The molecule has 0 bridgehead atoms. The van der Waals surface area contributed by atoms with E-state index < -0.39 is 35.1 Å². The van der Waals surface area contributed by atoms with Crippen LogP contribution in [0.5, 0.6) is 0 Å². The second kappa shape index (κ2) is 7.79. The zero-order valence-corrected chi connectivity index (χ0v) is 12.5. The first-order valence-electron chi connectivity index (χ1n) is 6.69. The van der Waals surface area contributed by atoms with Crippen LogP contribution < -0.4 is 10.6 Å². The van der Waals surface area contributed by atoms with Gasteiger partial charge in [-0.2, -0.15) is 0 Å². The summed E-state index contributed by atoms with van der Waals surface area (Å²) in [5.41, 5.74) is -0.456. The molecule has 1 aromatic rings. The van der Waals surface area contributed by atoms with Crippen LogP contribution in [0.15, 0.2) is 12.1 Å². The van der Waals surface area contributed by atoms with E-state index in [-0.39, 0.29) is 12.5 Å². The average molecular weight is 317 g/mol. The van der Waals surface area contributed by atoms with Crippen LogP contribution in [0.25, 0.3) is 0 Å². The fraction of sp³-hybridized carbons (Fsp3) is 0.429. The van der Waals surface area contributed by atoms with Crippen molar-refractivity contribution in [2.45, 2.75) is 19.9 Å². The Bertz CT molecular complexity index is 567. The van der Waals surface area contributed by atoms with E-state index in [1.807, 2.05) is 0 Å². The van der Waals surface area contributed by atoms with Gasteiger partial charge in [0.05, 0.1) is 18.3 Å². The van der Waals surface area contributed by atoms with Crippen LogP contribution in [-0.4, -0.2) is 42.9 Å². The molecule has 5 nitrogen and oxygen atoms in total. The minimum absolute atomic E-state index is 0.212. The van der Waals surface area contributed by atoms with Crippen LogP contribution in [0.3, 0.4) is 0 Å². The largest absolute Gasteiger partial charge is 0.355 e. The number of carbonyl (C=O) groups excluding carboxylic acids is 2. The maximum atomic E-state index is 13.4. The van der Waals surface area contributed by atoms with Crippen molar-refractivity contribution in [1.82, 2.24) is 10.2 Å². The van der Waals surface area contributed by atoms with Crippen molar-refractivity contribution in [3.05, 3.63) is 29.6 Å². The first-order valence-corrected chi connectivity index (χ1v) is 6.69. The molecule has 0 saturated carbocycles. The lowest BCUT2D eigenvalue weighted by molar-refractivity contribution is -0.126. The molecular weight excluding hydrogens is 299 g/mol. The summed E-state index contributed by atoms with van der Waals surface area (Å²) in [7, 11) is 1.54. The van der Waals surface area contributed by atoms with Gasteiger partial charge >= 0.3 is 0 Å². The molecule has 0 aromatic heterocycles. The van der Waals surface area contributed by atoms with Gasteiger partial charge in [0.15, 0.2) is 17.5 Å². The number of rotatable bonds is 6. The molecule has 0 heterocycles. The predicted octanol–water partition coefficient (Wildman–Crippen LogP) is 1.50. The van der Waals surface area contributed by atoms with Crippen molar-refractivity contribution >= 4 is 17.5 Å². The molecule has 0 saturated heterocycles. The SMILES string of the molecule is CCNC(=O)[C@H](C)N(C)CC(=O)Nc1ccc(F)c(F)c1F. The molecule has 2 N–H and O–H groups in total. The highest BCUT2D eigenvalue weighted by Gasteiger charge is 2.21. The molecule has 0 aliphatic heterocycles. The third-order valence-electron chi connectivity index (χ3n) is 3.09. The molecule has 1 atom stereocenters. The van der Waals surface area contributed by atoms with Crippen LogP contribution in [0.4, 0.5) is 18.9 Å². The Hall–Kier alpha value is -2.09. The lowest BCUT2D eigenvalue weighted by Crippen LogP contribution is -2.45. The minimum Gasteiger partial charge on any atom is -0.355 e. The van der Waals surface area contributed by atoms with E-state index in [0.29, 0.717) is 6.54 Å². The Morgan fingerprint density at radius 2 is 1.86 bits per heavy atom. The third kappa shape index (κ3) is 4.45. The highest BCUT2D eigenvalue weighted by molar-refractivity contribution is 5.93. The van der Waals surface area contributed by atoms with Gasteiger partial charge in [0.25, 0.3) is 0 Å². The van der Waals surface area contributed by atoms with E-state index in [0.717, 1.165) is 12.1 Å². The van der Waals surface area contributed by atoms with Crippen molar-refractivity contribution in [2.24, 2.45) is 0 Å². The topological polar surface area (TPSA) is 61.4 Å². The Morgan fingerprint density at radius 1 is 1.23 bits per heavy atom. The normalized spacial score (nSPS) is 12.1. The summed E-state index contributed by atoms with van der Waals surface area (Å²) in [5, 5.41) is 4.75. The summed E-state index contributed by atoms with van der Waals surface area (Å²) >= 11 is 0. The van der Waals surface area contributed by atoms with E-state index in [2.05, 4.69) is 10.6 Å². The highest BCUT2D eigenvalue weighted by atomic mass is 19.2. The summed E-state index contributed by atoms with van der Waals surface area (Å²) in [6, 6.07) is 1.08. The minimum atomic E-state index is -1.65. The van der Waals surface area contributed by atoms with E-state index >= 15 is 0 Å². The Balaban J connectivity index is 2.67. The quantitative estimate of drug-likeness (QED) is 0.782. The summed E-state index contributed by atoms with van der Waals surface area (Å²) in [6.07, 6.45) is 0. The standard InChI is InChI=1S/C14H18F3N3O2/c1-4-18-14(22)8(2)20(3)7-11(21)19-10-6-5-9(15)12(16)13(10)17/h5-6,8H,4,7H2,1-3H3,(H,18,22)(H,19,21)/t8-/m0/s1. The lowest BCUT2D eigenvalue weighted by atomic mass is 10.2. The van der Waals surface area contributed by atoms with Crippen molar-refractivity contribution < 1.29 is 22.8 Å². The monoisotopic (exact) mass is 317 g/mol. The van der Waals surface area contributed by atoms with E-state index in [1.54, 1.807) is 20.9 Å². The van der Waals surface area contributed by atoms with Crippen molar-refractivity contribution in [3.63, 3.8) is 0 Å². The molecule has 0 aliphatic carbocycles. The lowest BCUT2D eigenvalue weighted by Gasteiger charge is -2.23. The summed E-state index contributed by atoms with van der Waals surface area (Å²) in [5.74, 6) is -5.35. The molecule has 1 aromatic carbocycles. The number of anilines is 1. The number of hydrogen-bond donors (Lipinski definition) is 2. The molecule has 1 rings (SSSR count). The van der Waals surface area contributed by atoms with Gasteiger partial charge in [0.1, 0.15) is 0 Å². The molecule has 0 radical (unpaired) electrons. The molecule has 8 heteroatoms. The molecule has 122 valence electrons. The maximum Gasteiger partial charge on any atom is 0.238 e. The van der Waals surface area contributed by atoms with Crippen LogP contribution in [-0.2, 0) is 9.59 Å². The van der Waals surface area contributed by atoms with Crippen molar-refractivity contribution in [3.8, 4) is 0 Å². The van der Waals surface area contributed by atoms with Gasteiger partial charge in [0.2, 0.25) is 11.8 Å². The molecule has 0 unspecified atom stereocenters. The molecular formula is C14H18F3N3O2. The molecule has 0 aliphatic rings. The number of carbonyl (C=O) groups is 2. The second-order valence-electron chi connectivity index (χ2n) is 4.76. The molecule has 0 fully saturated rings. The maximum absolute atomic E-state index is 13.4. The number of hydrogen-bond acceptors (Lipinski definition) is 3. The molecule has 0 spiro atoms. The number of nitrogens with one attached hydrogen (secondary N) is 2. The first-order chi connectivity index (χ1) is 10.3. The van der Waals surface area contributed by atoms with Gasteiger partial charge in [-0.25, -0.2) is 13.2 Å². The van der Waals surface area contributed by atoms with Crippen molar-refractivity contribution in [1.29, 1.82) is 0 Å². The van der Waals surface area contributed by atoms with E-state index in [9.17, 15) is 22.8 Å². The van der Waals surface area contributed by atoms with Crippen molar-refractivity contribution in [2.75, 3.05) is 25.5 Å². The fourth-order valence-corrected chi connectivity index (χ4v) is 1.70. The summed E-state index contributed by atoms with van der Waals surface area (Å²) in [6.45, 7) is 3.62. The van der Waals surface area contributed by atoms with Gasteiger partial charge in [-0.05, 0) is 33.0 Å². The third-order valence-corrected chi connectivity index (χ3v) is 3.09. The second-order valence-corrected chi connectivity index (χ2v) is 4.76. The highest BCUT2D eigenvalue weighted by Crippen LogP contribution is 2.19. The molecule has 2 amide bonds. The number of nitrogens with zero attached hydrogens (tertiary/aromatic N) is 1. The predicted molar refractivity (Wildman–Crippen MR) is 75.7 cm³/mol. The Morgan fingerprint density at radius 3 is 2.45 bits per heavy atom. The van der Waals surface area contributed by atoms with Gasteiger partial charge in [0, 0.05) is 6.54 Å². The van der Waals surface area contributed by atoms with Crippen LogP contribution in [0.1, 0.15) is 13.8 Å². The van der Waals surface area contributed by atoms with Crippen LogP contribution in [0, 0.1) is 17.5 Å². The zero-order valence-electron chi connectivity index (χ0n) is 12.5. The van der Waals surface area contributed by atoms with Crippen LogP contribution >= 0.6 is 0 Å². The van der Waals surface area contributed by atoms with Crippen LogP contribution in [0.2, 0.25) is 0 Å². The van der Waals surface area contributed by atoms with E-state index in [4.69, 9.17) is 0 Å². The smallest absolute Gasteiger partial charge is 0.238 e. The van der Waals surface area contributed by atoms with Gasteiger partial charge < -0.3 is 10.6 Å². The Labute approximate surface area is 126 Å². The first kappa shape index (κ1) is 18.0. The summed E-state index contributed by atoms with van der Waals surface area (Å²) in [4.78, 5) is 24.9. The van der Waals surface area contributed by atoms with Gasteiger partial charge in [-0.15, -0.1) is 0 Å². The number of likely N-dealkylation sites (N-methyl/N-ethyl adjacent to an activating group) is 2. The number of amides is 2. The number of halogens is 3. The molecule has 22 heavy (non-hydrogen) atoms.